The highest BCUT2D eigenvalue weighted by Gasteiger charge is 2.08. The molecule has 0 saturated heterocycles. The van der Waals surface area contributed by atoms with Crippen LogP contribution in [0.4, 0.5) is 5.69 Å². The number of methoxy groups -OCH3 is 2. The van der Waals surface area contributed by atoms with E-state index in [1.807, 2.05) is 24.3 Å². The van der Waals surface area contributed by atoms with Crippen LogP contribution in [-0.4, -0.2) is 26.7 Å². The maximum absolute atomic E-state index is 11.9. The summed E-state index contributed by atoms with van der Waals surface area (Å²) in [5, 5.41) is 2.75. The van der Waals surface area contributed by atoms with E-state index in [4.69, 9.17) is 14.2 Å². The van der Waals surface area contributed by atoms with Gasteiger partial charge in [0.05, 0.1) is 14.2 Å². The zero-order chi connectivity index (χ0) is 15.9. The molecular weight excluding hydrogens is 397 g/mol. The molecule has 0 aromatic heterocycles. The van der Waals surface area contributed by atoms with Gasteiger partial charge in [-0.05, 0) is 59.0 Å². The molecule has 0 unspecified atom stereocenters. The highest BCUT2D eigenvalue weighted by atomic mass is 127. The van der Waals surface area contributed by atoms with Gasteiger partial charge in [0.25, 0.3) is 5.91 Å². The fraction of sp³-hybridized carbons (Fsp3) is 0.188. The molecule has 0 aliphatic heterocycles. The number of benzene rings is 2. The van der Waals surface area contributed by atoms with E-state index < -0.39 is 0 Å². The van der Waals surface area contributed by atoms with Crippen LogP contribution in [0, 0.1) is 3.57 Å². The average molecular weight is 413 g/mol. The normalized spacial score (nSPS) is 9.95. The summed E-state index contributed by atoms with van der Waals surface area (Å²) in [6, 6.07) is 12.7. The van der Waals surface area contributed by atoms with Crippen LogP contribution in [0.2, 0.25) is 0 Å². The Morgan fingerprint density at radius 2 is 1.73 bits per heavy atom. The van der Waals surface area contributed by atoms with E-state index >= 15 is 0 Å². The van der Waals surface area contributed by atoms with Crippen LogP contribution in [-0.2, 0) is 4.79 Å². The highest BCUT2D eigenvalue weighted by molar-refractivity contribution is 14.1. The number of anilines is 1. The van der Waals surface area contributed by atoms with Crippen molar-refractivity contribution in [2.75, 3.05) is 26.1 Å². The predicted octanol–water partition coefficient (Wildman–Crippen LogP) is 3.33. The lowest BCUT2D eigenvalue weighted by Crippen LogP contribution is -2.20. The molecule has 2 aromatic rings. The van der Waals surface area contributed by atoms with Gasteiger partial charge in [-0.25, -0.2) is 0 Å². The second kappa shape index (κ2) is 7.88. The Labute approximate surface area is 142 Å². The molecule has 5 nitrogen and oxygen atoms in total. The van der Waals surface area contributed by atoms with E-state index in [0.29, 0.717) is 22.9 Å². The lowest BCUT2D eigenvalue weighted by Gasteiger charge is -2.11. The van der Waals surface area contributed by atoms with Crippen LogP contribution < -0.4 is 19.5 Å². The van der Waals surface area contributed by atoms with Crippen molar-refractivity contribution in [1.82, 2.24) is 0 Å². The molecule has 0 saturated carbocycles. The number of amides is 1. The molecular formula is C16H16INO4. The first kappa shape index (κ1) is 16.4. The molecule has 2 rings (SSSR count). The molecule has 0 fully saturated rings. The van der Waals surface area contributed by atoms with Crippen molar-refractivity contribution in [3.63, 3.8) is 0 Å². The summed E-state index contributed by atoms with van der Waals surface area (Å²) in [6.07, 6.45) is 0. The van der Waals surface area contributed by atoms with Gasteiger partial charge < -0.3 is 19.5 Å². The summed E-state index contributed by atoms with van der Waals surface area (Å²) >= 11 is 2.21. The second-order valence-corrected chi connectivity index (χ2v) is 5.61. The van der Waals surface area contributed by atoms with Gasteiger partial charge in [-0.3, -0.25) is 4.79 Å². The van der Waals surface area contributed by atoms with Crippen molar-refractivity contribution < 1.29 is 19.0 Å². The standard InChI is InChI=1S/C16H16INO4/c1-20-14-8-5-12(9-15(14)21-2)18-16(19)10-22-13-6-3-11(17)4-7-13/h3-9H,10H2,1-2H3,(H,18,19). The zero-order valence-electron chi connectivity index (χ0n) is 12.3. The number of rotatable bonds is 6. The fourth-order valence-electron chi connectivity index (χ4n) is 1.79. The molecule has 6 heteroatoms. The maximum atomic E-state index is 11.9. The Morgan fingerprint density at radius 1 is 1.05 bits per heavy atom. The molecule has 0 bridgehead atoms. The Kier molecular flexibility index (Phi) is 5.88. The summed E-state index contributed by atoms with van der Waals surface area (Å²) in [5.74, 6) is 1.57. The Morgan fingerprint density at radius 3 is 2.36 bits per heavy atom. The number of hydrogen-bond acceptors (Lipinski definition) is 4. The third-order valence-corrected chi connectivity index (χ3v) is 3.57. The molecule has 1 amide bonds. The number of carbonyl (C=O) groups is 1. The predicted molar refractivity (Wildman–Crippen MR) is 92.8 cm³/mol. The maximum Gasteiger partial charge on any atom is 0.262 e. The molecule has 22 heavy (non-hydrogen) atoms. The smallest absolute Gasteiger partial charge is 0.262 e. The molecule has 2 aromatic carbocycles. The lowest BCUT2D eigenvalue weighted by atomic mass is 10.2. The van der Waals surface area contributed by atoms with Gasteiger partial charge >= 0.3 is 0 Å². The number of nitrogens with one attached hydrogen (secondary N) is 1. The Balaban J connectivity index is 1.93. The quantitative estimate of drug-likeness (QED) is 0.739. The summed E-state index contributed by atoms with van der Waals surface area (Å²) in [4.78, 5) is 11.9. The van der Waals surface area contributed by atoms with Gasteiger partial charge in [-0.2, -0.15) is 0 Å². The fourth-order valence-corrected chi connectivity index (χ4v) is 2.15. The minimum atomic E-state index is -0.245. The molecule has 0 heterocycles. The van der Waals surface area contributed by atoms with Gasteiger partial charge in [-0.15, -0.1) is 0 Å². The zero-order valence-corrected chi connectivity index (χ0v) is 14.4. The number of carbonyl (C=O) groups excluding carboxylic acids is 1. The molecule has 0 aliphatic rings. The third kappa shape index (κ3) is 4.52. The number of hydrogen-bond donors (Lipinski definition) is 1. The van der Waals surface area contributed by atoms with Gasteiger partial charge in [0.15, 0.2) is 18.1 Å². The van der Waals surface area contributed by atoms with Gasteiger partial charge in [0, 0.05) is 15.3 Å². The summed E-state index contributed by atoms with van der Waals surface area (Å²) in [7, 11) is 3.11. The van der Waals surface area contributed by atoms with Crippen molar-refractivity contribution in [1.29, 1.82) is 0 Å². The van der Waals surface area contributed by atoms with E-state index in [1.165, 1.54) is 0 Å². The van der Waals surface area contributed by atoms with E-state index in [0.717, 1.165) is 3.57 Å². The highest BCUT2D eigenvalue weighted by Crippen LogP contribution is 2.29. The Hall–Kier alpha value is -1.96. The van der Waals surface area contributed by atoms with Crippen molar-refractivity contribution in [3.8, 4) is 17.2 Å². The molecule has 0 atom stereocenters. The first-order chi connectivity index (χ1) is 10.6. The number of halogens is 1. The minimum absolute atomic E-state index is 0.0606. The van der Waals surface area contributed by atoms with Crippen molar-refractivity contribution in [3.05, 3.63) is 46.0 Å². The monoisotopic (exact) mass is 413 g/mol. The molecule has 1 N–H and O–H groups in total. The molecule has 0 radical (unpaired) electrons. The van der Waals surface area contributed by atoms with E-state index in [2.05, 4.69) is 27.9 Å². The molecule has 116 valence electrons. The van der Waals surface area contributed by atoms with Gasteiger partial charge in [-0.1, -0.05) is 0 Å². The van der Waals surface area contributed by atoms with E-state index in [1.54, 1.807) is 32.4 Å². The molecule has 0 spiro atoms. The number of ether oxygens (including phenoxy) is 3. The Bertz CT molecular complexity index is 643. The van der Waals surface area contributed by atoms with Crippen LogP contribution in [0.1, 0.15) is 0 Å². The minimum Gasteiger partial charge on any atom is -0.493 e. The van der Waals surface area contributed by atoms with Crippen molar-refractivity contribution in [2.45, 2.75) is 0 Å². The summed E-state index contributed by atoms with van der Waals surface area (Å²) < 4.78 is 16.9. The second-order valence-electron chi connectivity index (χ2n) is 4.36. The summed E-state index contributed by atoms with van der Waals surface area (Å²) in [6.45, 7) is -0.0606. The van der Waals surface area contributed by atoms with Crippen LogP contribution in [0.5, 0.6) is 17.2 Å². The van der Waals surface area contributed by atoms with Crippen LogP contribution in [0.3, 0.4) is 0 Å². The third-order valence-electron chi connectivity index (χ3n) is 2.85. The molecule has 0 aliphatic carbocycles. The topological polar surface area (TPSA) is 56.8 Å². The van der Waals surface area contributed by atoms with Crippen molar-refractivity contribution in [2.24, 2.45) is 0 Å². The van der Waals surface area contributed by atoms with E-state index in [9.17, 15) is 4.79 Å². The first-order valence-corrected chi connectivity index (χ1v) is 7.60. The van der Waals surface area contributed by atoms with Crippen LogP contribution >= 0.6 is 22.6 Å². The van der Waals surface area contributed by atoms with Gasteiger partial charge in [0.1, 0.15) is 5.75 Å². The van der Waals surface area contributed by atoms with Crippen molar-refractivity contribution >= 4 is 34.2 Å². The SMILES string of the molecule is COc1ccc(NC(=O)COc2ccc(I)cc2)cc1OC. The summed E-state index contributed by atoms with van der Waals surface area (Å²) in [5.41, 5.74) is 0.619. The van der Waals surface area contributed by atoms with Crippen LogP contribution in [0.15, 0.2) is 42.5 Å². The lowest BCUT2D eigenvalue weighted by molar-refractivity contribution is -0.118. The van der Waals surface area contributed by atoms with Crippen LogP contribution in [0.25, 0.3) is 0 Å². The average Bonchev–Trinajstić information content (AvgIpc) is 2.54. The van der Waals surface area contributed by atoms with Gasteiger partial charge in [0.2, 0.25) is 0 Å². The van der Waals surface area contributed by atoms with E-state index in [-0.39, 0.29) is 12.5 Å². The largest absolute Gasteiger partial charge is 0.493 e. The first-order valence-electron chi connectivity index (χ1n) is 6.52.